The fourth-order valence-electron chi connectivity index (χ4n) is 6.75. The van der Waals surface area contributed by atoms with Gasteiger partial charge in [0.2, 0.25) is 0 Å². The number of ether oxygens (including phenoxy) is 3. The van der Waals surface area contributed by atoms with E-state index in [1.54, 1.807) is 4.52 Å². The Labute approximate surface area is 291 Å². The maximum absolute atomic E-state index is 13.0. The number of aromatic nitrogens is 3. The first-order valence-corrected chi connectivity index (χ1v) is 17.3. The van der Waals surface area contributed by atoms with Gasteiger partial charge >= 0.3 is 5.97 Å². The van der Waals surface area contributed by atoms with Gasteiger partial charge in [-0.25, -0.2) is 14.3 Å². The summed E-state index contributed by atoms with van der Waals surface area (Å²) in [5.41, 5.74) is 6.34. The SMILES string of the molecule is Cc1nc2cc3nn2c(c1[C@H](OC(C)(C)C)C(=O)O)-c1ccc2c(c1Cl)N(CCCCCCOc1cccc(c1)-c1cccc-3c1)CCO2. The van der Waals surface area contributed by atoms with Crippen LogP contribution in [0.25, 0.3) is 39.3 Å². The summed E-state index contributed by atoms with van der Waals surface area (Å²) >= 11 is 7.40. The van der Waals surface area contributed by atoms with Crippen molar-refractivity contribution in [3.05, 3.63) is 83.0 Å². The highest BCUT2D eigenvalue weighted by atomic mass is 35.5. The Morgan fingerprint density at radius 2 is 1.67 bits per heavy atom. The van der Waals surface area contributed by atoms with E-state index in [1.165, 1.54) is 0 Å². The molecule has 9 nitrogen and oxygen atoms in total. The lowest BCUT2D eigenvalue weighted by atomic mass is 9.97. The number of benzene rings is 3. The topological polar surface area (TPSA) is 98.4 Å². The Hall–Kier alpha value is -4.60. The molecule has 2 aliphatic heterocycles. The van der Waals surface area contributed by atoms with Crippen molar-refractivity contribution in [2.45, 2.75) is 65.1 Å². The van der Waals surface area contributed by atoms with Gasteiger partial charge < -0.3 is 24.2 Å². The highest BCUT2D eigenvalue weighted by molar-refractivity contribution is 6.36. The zero-order valence-corrected chi connectivity index (χ0v) is 29.1. The predicted molar refractivity (Wildman–Crippen MR) is 192 cm³/mol. The standard InChI is InChI=1S/C39H41ClN4O5/c1-24-33(37(38(45)46)49-39(2,3)4)35-29-15-16-31-36(34(29)40)43(18-20-48-31)17-7-5-6-8-19-47-28-14-10-12-26(22-28)25-11-9-13-27(21-25)30-23-32(41-24)44(35)42-30/h9-16,21-23,37H,5-8,17-20H2,1-4H3,(H,45,46)/t37-/m0/s1. The Morgan fingerprint density at radius 1 is 0.918 bits per heavy atom. The van der Waals surface area contributed by atoms with Gasteiger partial charge in [0.05, 0.1) is 40.9 Å². The average molecular weight is 681 g/mol. The molecule has 1 atom stereocenters. The van der Waals surface area contributed by atoms with Gasteiger partial charge in [-0.2, -0.15) is 5.10 Å². The van der Waals surface area contributed by atoms with E-state index in [2.05, 4.69) is 29.2 Å². The number of carboxylic acid groups (broad SMARTS) is 1. The fourth-order valence-corrected chi connectivity index (χ4v) is 7.11. The highest BCUT2D eigenvalue weighted by Crippen LogP contribution is 2.47. The number of carboxylic acids is 1. The first-order chi connectivity index (χ1) is 23.6. The predicted octanol–water partition coefficient (Wildman–Crippen LogP) is 8.78. The third-order valence-corrected chi connectivity index (χ3v) is 9.36. The van der Waals surface area contributed by atoms with Crippen LogP contribution in [-0.4, -0.2) is 57.6 Å². The van der Waals surface area contributed by atoms with E-state index in [9.17, 15) is 9.90 Å². The lowest BCUT2D eigenvalue weighted by molar-refractivity contribution is -0.160. The lowest BCUT2D eigenvalue weighted by Crippen LogP contribution is -2.34. The molecule has 3 aromatic carbocycles. The van der Waals surface area contributed by atoms with E-state index in [4.69, 9.17) is 35.9 Å². The van der Waals surface area contributed by atoms with Crippen LogP contribution in [0.5, 0.6) is 11.5 Å². The van der Waals surface area contributed by atoms with E-state index in [-0.39, 0.29) is 0 Å². The number of aliphatic carboxylic acids is 1. The summed E-state index contributed by atoms with van der Waals surface area (Å²) < 4.78 is 20.2. The number of anilines is 1. The van der Waals surface area contributed by atoms with Gasteiger partial charge in [0, 0.05) is 35.0 Å². The first kappa shape index (κ1) is 32.9. The van der Waals surface area contributed by atoms with Crippen LogP contribution in [0.1, 0.15) is 63.8 Å². The second kappa shape index (κ2) is 13.4. The van der Waals surface area contributed by atoms with Crippen molar-refractivity contribution in [1.29, 1.82) is 0 Å². The number of nitrogens with zero attached hydrogens (tertiary/aromatic N) is 4. The van der Waals surface area contributed by atoms with Crippen molar-refractivity contribution >= 4 is 28.9 Å². The number of halogens is 1. The Bertz CT molecular complexity index is 2030. The van der Waals surface area contributed by atoms with Crippen molar-refractivity contribution in [2.24, 2.45) is 0 Å². The largest absolute Gasteiger partial charge is 0.494 e. The van der Waals surface area contributed by atoms with Crippen LogP contribution in [-0.2, 0) is 9.53 Å². The third-order valence-electron chi connectivity index (χ3n) is 8.97. The van der Waals surface area contributed by atoms with Crippen LogP contribution in [0.3, 0.4) is 0 Å². The van der Waals surface area contributed by atoms with Gasteiger partial charge in [-0.1, -0.05) is 54.8 Å². The third kappa shape index (κ3) is 6.70. The minimum atomic E-state index is -1.33. The zero-order valence-electron chi connectivity index (χ0n) is 28.3. The number of fused-ring (bicyclic) bond motifs is 9. The first-order valence-electron chi connectivity index (χ1n) is 16.9. The summed E-state index contributed by atoms with van der Waals surface area (Å²) in [6.45, 7) is 10.1. The summed E-state index contributed by atoms with van der Waals surface area (Å²) in [6.07, 6.45) is 2.73. The molecule has 1 N–H and O–H groups in total. The molecule has 7 rings (SSSR count). The molecule has 10 heteroatoms. The van der Waals surface area contributed by atoms with E-state index in [0.29, 0.717) is 64.4 Å². The molecule has 5 aromatic rings. The molecule has 0 saturated heterocycles. The summed E-state index contributed by atoms with van der Waals surface area (Å²) in [5, 5.41) is 16.2. The smallest absolute Gasteiger partial charge is 0.337 e. The minimum absolute atomic E-state index is 0.402. The molecule has 254 valence electrons. The molecule has 0 radical (unpaired) electrons. The van der Waals surface area contributed by atoms with Crippen LogP contribution in [0.4, 0.5) is 5.69 Å². The van der Waals surface area contributed by atoms with Crippen LogP contribution in [0.2, 0.25) is 5.02 Å². The van der Waals surface area contributed by atoms with Gasteiger partial charge in [-0.15, -0.1) is 0 Å². The van der Waals surface area contributed by atoms with Gasteiger partial charge in [0.1, 0.15) is 18.1 Å². The molecule has 4 heterocycles. The maximum atomic E-state index is 13.0. The normalized spacial score (nSPS) is 15.7. The van der Waals surface area contributed by atoms with Crippen molar-refractivity contribution < 1.29 is 24.1 Å². The summed E-state index contributed by atoms with van der Waals surface area (Å²) in [4.78, 5) is 20.1. The van der Waals surface area contributed by atoms with E-state index >= 15 is 0 Å². The molecule has 0 fully saturated rings. The monoisotopic (exact) mass is 680 g/mol. The molecule has 0 amide bonds. The van der Waals surface area contributed by atoms with E-state index in [1.807, 2.05) is 70.2 Å². The molecule has 2 aromatic heterocycles. The summed E-state index contributed by atoms with van der Waals surface area (Å²) in [7, 11) is 0. The van der Waals surface area contributed by atoms with Crippen molar-refractivity contribution in [2.75, 3.05) is 31.2 Å². The van der Waals surface area contributed by atoms with Crippen molar-refractivity contribution in [1.82, 2.24) is 14.6 Å². The van der Waals surface area contributed by atoms with E-state index < -0.39 is 17.7 Å². The second-order valence-corrected chi connectivity index (χ2v) is 14.1. The molecule has 0 aliphatic carbocycles. The molecular weight excluding hydrogens is 640 g/mol. The van der Waals surface area contributed by atoms with Gasteiger partial charge in [0.25, 0.3) is 0 Å². The Kier molecular flexibility index (Phi) is 8.98. The number of hydrogen-bond donors (Lipinski definition) is 1. The van der Waals surface area contributed by atoms with Gasteiger partial charge in [-0.05, 0) is 82.0 Å². The highest BCUT2D eigenvalue weighted by Gasteiger charge is 2.35. The van der Waals surface area contributed by atoms with Crippen LogP contribution in [0.15, 0.2) is 66.7 Å². The van der Waals surface area contributed by atoms with Gasteiger partial charge in [0.15, 0.2) is 11.8 Å². The average Bonchev–Trinajstić information content (AvgIpc) is 3.50. The Balaban J connectivity index is 1.48. The number of hydrogen-bond acceptors (Lipinski definition) is 7. The molecule has 0 saturated carbocycles. The molecule has 8 bridgehead atoms. The maximum Gasteiger partial charge on any atom is 0.337 e. The lowest BCUT2D eigenvalue weighted by Gasteiger charge is -2.33. The Morgan fingerprint density at radius 3 is 2.47 bits per heavy atom. The van der Waals surface area contributed by atoms with Crippen LogP contribution < -0.4 is 14.4 Å². The quantitative estimate of drug-likeness (QED) is 0.202. The fraction of sp³-hybridized carbons (Fsp3) is 0.359. The van der Waals surface area contributed by atoms with Crippen molar-refractivity contribution in [3.63, 3.8) is 0 Å². The molecular formula is C39H41ClN4O5. The molecule has 0 unspecified atom stereocenters. The summed E-state index contributed by atoms with van der Waals surface area (Å²) in [6, 6.07) is 22.1. The molecule has 49 heavy (non-hydrogen) atoms. The van der Waals surface area contributed by atoms with E-state index in [0.717, 1.165) is 60.4 Å². The summed E-state index contributed by atoms with van der Waals surface area (Å²) in [5.74, 6) is 0.428. The number of carbonyl (C=O) groups is 1. The number of aryl methyl sites for hydroxylation is 1. The molecule has 2 aliphatic rings. The zero-order chi connectivity index (χ0) is 34.3. The van der Waals surface area contributed by atoms with Gasteiger partial charge in [-0.3, -0.25) is 0 Å². The van der Waals surface area contributed by atoms with Crippen LogP contribution in [0, 0.1) is 6.92 Å². The minimum Gasteiger partial charge on any atom is -0.494 e. The van der Waals surface area contributed by atoms with Crippen LogP contribution >= 0.6 is 11.6 Å². The second-order valence-electron chi connectivity index (χ2n) is 13.7. The number of rotatable bonds is 3. The molecule has 0 spiro atoms. The van der Waals surface area contributed by atoms with Crippen molar-refractivity contribution in [3.8, 4) is 45.1 Å².